The lowest BCUT2D eigenvalue weighted by atomic mass is 10.2. The van der Waals surface area contributed by atoms with Gasteiger partial charge in [0.15, 0.2) is 5.82 Å². The van der Waals surface area contributed by atoms with Crippen molar-refractivity contribution in [3.8, 4) is 5.82 Å². The molecule has 1 amide bonds. The Morgan fingerprint density at radius 3 is 3.00 bits per heavy atom. The van der Waals surface area contributed by atoms with Gasteiger partial charge in [0.05, 0.1) is 6.61 Å². The Kier molecular flexibility index (Phi) is 7.97. The van der Waals surface area contributed by atoms with Crippen LogP contribution in [-0.2, 0) is 16.1 Å². The fourth-order valence-corrected chi connectivity index (χ4v) is 2.14. The second-order valence-corrected chi connectivity index (χ2v) is 4.75. The van der Waals surface area contributed by atoms with Crippen LogP contribution in [0, 0.1) is 0 Å². The molecule has 1 fully saturated rings. The zero-order valence-electron chi connectivity index (χ0n) is 12.3. The number of aromatic nitrogens is 3. The van der Waals surface area contributed by atoms with E-state index in [2.05, 4.69) is 20.7 Å². The van der Waals surface area contributed by atoms with Gasteiger partial charge in [-0.3, -0.25) is 4.79 Å². The summed E-state index contributed by atoms with van der Waals surface area (Å²) in [7, 11) is 0. The molecule has 3 rings (SSSR count). The maximum atomic E-state index is 12.0. The van der Waals surface area contributed by atoms with E-state index >= 15 is 0 Å². The number of halogens is 2. The van der Waals surface area contributed by atoms with Gasteiger partial charge in [0.1, 0.15) is 6.10 Å². The van der Waals surface area contributed by atoms with Crippen LogP contribution >= 0.6 is 24.8 Å². The topological polar surface area (TPSA) is 81.1 Å². The van der Waals surface area contributed by atoms with Crippen LogP contribution in [-0.4, -0.2) is 46.5 Å². The standard InChI is InChI=1S/C14H17N5O2.2ClH/c20-14(12-10-15-5-7-21-12)17-9-11-2-4-16-13(8-11)19-6-1-3-18-19;;/h1-4,6,8,12,15H,5,7,9-10H2,(H,17,20);2*1H. The summed E-state index contributed by atoms with van der Waals surface area (Å²) in [5.41, 5.74) is 0.965. The molecule has 0 bridgehead atoms. The van der Waals surface area contributed by atoms with E-state index in [-0.39, 0.29) is 30.7 Å². The van der Waals surface area contributed by atoms with Crippen molar-refractivity contribution in [1.82, 2.24) is 25.4 Å². The Balaban J connectivity index is 0.00000132. The van der Waals surface area contributed by atoms with Gasteiger partial charge in [-0.1, -0.05) is 0 Å². The average Bonchev–Trinajstić information content (AvgIpc) is 3.08. The monoisotopic (exact) mass is 359 g/mol. The lowest BCUT2D eigenvalue weighted by molar-refractivity contribution is -0.134. The maximum Gasteiger partial charge on any atom is 0.250 e. The largest absolute Gasteiger partial charge is 0.366 e. The van der Waals surface area contributed by atoms with Crippen LogP contribution < -0.4 is 10.6 Å². The predicted octanol–water partition coefficient (Wildman–Crippen LogP) is 0.715. The van der Waals surface area contributed by atoms with Gasteiger partial charge in [-0.15, -0.1) is 24.8 Å². The van der Waals surface area contributed by atoms with Crippen molar-refractivity contribution in [1.29, 1.82) is 0 Å². The molecule has 2 N–H and O–H groups in total. The third-order valence-corrected chi connectivity index (χ3v) is 3.24. The molecule has 1 aliphatic rings. The van der Waals surface area contributed by atoms with E-state index in [4.69, 9.17) is 4.74 Å². The molecule has 0 saturated carbocycles. The summed E-state index contributed by atoms with van der Waals surface area (Å²) >= 11 is 0. The molecule has 1 aliphatic heterocycles. The van der Waals surface area contributed by atoms with Crippen LogP contribution in [0.4, 0.5) is 0 Å². The number of hydrogen-bond donors (Lipinski definition) is 2. The number of amides is 1. The van der Waals surface area contributed by atoms with Crippen LogP contribution in [0.15, 0.2) is 36.8 Å². The highest BCUT2D eigenvalue weighted by molar-refractivity contribution is 5.85. The molecule has 7 nitrogen and oxygen atoms in total. The first-order chi connectivity index (χ1) is 10.3. The minimum Gasteiger partial charge on any atom is -0.366 e. The fraction of sp³-hybridized carbons (Fsp3) is 0.357. The van der Waals surface area contributed by atoms with E-state index in [0.717, 1.165) is 17.9 Å². The molecule has 0 aliphatic carbocycles. The number of ether oxygens (including phenoxy) is 1. The molecular weight excluding hydrogens is 341 g/mol. The summed E-state index contributed by atoms with van der Waals surface area (Å²) in [6, 6.07) is 5.60. The second-order valence-electron chi connectivity index (χ2n) is 4.75. The summed E-state index contributed by atoms with van der Waals surface area (Å²) < 4.78 is 7.09. The molecule has 23 heavy (non-hydrogen) atoms. The number of hydrogen-bond acceptors (Lipinski definition) is 5. The van der Waals surface area contributed by atoms with Crippen LogP contribution in [0.25, 0.3) is 5.82 Å². The maximum absolute atomic E-state index is 12.0. The molecule has 0 radical (unpaired) electrons. The molecule has 126 valence electrons. The number of nitrogens with zero attached hydrogens (tertiary/aromatic N) is 3. The Bertz CT molecular complexity index is 603. The number of carbonyl (C=O) groups is 1. The Hall–Kier alpha value is -1.67. The van der Waals surface area contributed by atoms with Crippen molar-refractivity contribution in [2.75, 3.05) is 19.7 Å². The molecule has 1 saturated heterocycles. The molecule has 2 aromatic rings. The van der Waals surface area contributed by atoms with Gasteiger partial charge in [0.25, 0.3) is 5.91 Å². The molecule has 3 heterocycles. The molecule has 2 aromatic heterocycles. The Morgan fingerprint density at radius 2 is 2.30 bits per heavy atom. The van der Waals surface area contributed by atoms with Crippen molar-refractivity contribution < 1.29 is 9.53 Å². The minimum atomic E-state index is -0.411. The Labute approximate surface area is 146 Å². The summed E-state index contributed by atoms with van der Waals surface area (Å²) in [6.07, 6.45) is 4.82. The van der Waals surface area contributed by atoms with Crippen molar-refractivity contribution in [3.63, 3.8) is 0 Å². The summed E-state index contributed by atoms with van der Waals surface area (Å²) in [5.74, 6) is 0.627. The average molecular weight is 360 g/mol. The number of carbonyl (C=O) groups excluding carboxylic acids is 1. The van der Waals surface area contributed by atoms with E-state index in [0.29, 0.717) is 19.7 Å². The van der Waals surface area contributed by atoms with Crippen LogP contribution in [0.3, 0.4) is 0 Å². The summed E-state index contributed by atoms with van der Waals surface area (Å²) in [4.78, 5) is 16.2. The van der Waals surface area contributed by atoms with E-state index < -0.39 is 6.10 Å². The predicted molar refractivity (Wildman–Crippen MR) is 90.3 cm³/mol. The van der Waals surface area contributed by atoms with Gasteiger partial charge in [-0.05, 0) is 23.8 Å². The SMILES string of the molecule is Cl.Cl.O=C(NCc1ccnc(-n2cccn2)c1)C1CNCCO1. The highest BCUT2D eigenvalue weighted by Crippen LogP contribution is 2.06. The normalized spacial score (nSPS) is 16.8. The van der Waals surface area contributed by atoms with Crippen LogP contribution in [0.5, 0.6) is 0 Å². The van der Waals surface area contributed by atoms with Crippen LogP contribution in [0.2, 0.25) is 0 Å². The van der Waals surface area contributed by atoms with E-state index in [9.17, 15) is 4.79 Å². The third kappa shape index (κ3) is 5.18. The first-order valence-corrected chi connectivity index (χ1v) is 6.88. The molecular formula is C14H19Cl2N5O2. The lowest BCUT2D eigenvalue weighted by Gasteiger charge is -2.22. The number of morpholine rings is 1. The fourth-order valence-electron chi connectivity index (χ4n) is 2.14. The number of nitrogens with one attached hydrogen (secondary N) is 2. The molecule has 9 heteroatoms. The number of rotatable bonds is 4. The van der Waals surface area contributed by atoms with Crippen molar-refractivity contribution in [2.24, 2.45) is 0 Å². The minimum absolute atomic E-state index is 0. The van der Waals surface area contributed by atoms with E-state index in [1.165, 1.54) is 0 Å². The van der Waals surface area contributed by atoms with Crippen molar-refractivity contribution in [3.05, 3.63) is 42.4 Å². The van der Waals surface area contributed by atoms with Crippen LogP contribution in [0.1, 0.15) is 5.56 Å². The number of pyridine rings is 1. The zero-order valence-corrected chi connectivity index (χ0v) is 14.0. The molecule has 1 unspecified atom stereocenters. The van der Waals surface area contributed by atoms with E-state index in [1.807, 2.05) is 24.4 Å². The Morgan fingerprint density at radius 1 is 1.43 bits per heavy atom. The first-order valence-electron chi connectivity index (χ1n) is 6.88. The molecule has 1 atom stereocenters. The molecule has 0 spiro atoms. The zero-order chi connectivity index (χ0) is 14.5. The van der Waals surface area contributed by atoms with Gasteiger partial charge < -0.3 is 15.4 Å². The first kappa shape index (κ1) is 19.4. The van der Waals surface area contributed by atoms with Gasteiger partial charge in [0.2, 0.25) is 0 Å². The van der Waals surface area contributed by atoms with Gasteiger partial charge in [0, 0.05) is 38.2 Å². The second kappa shape index (κ2) is 9.46. The summed E-state index contributed by atoms with van der Waals surface area (Å²) in [6.45, 7) is 2.36. The van der Waals surface area contributed by atoms with Gasteiger partial charge in [-0.25, -0.2) is 9.67 Å². The smallest absolute Gasteiger partial charge is 0.250 e. The lowest BCUT2D eigenvalue weighted by Crippen LogP contribution is -2.47. The van der Waals surface area contributed by atoms with Gasteiger partial charge in [-0.2, -0.15) is 5.10 Å². The quantitative estimate of drug-likeness (QED) is 0.840. The summed E-state index contributed by atoms with van der Waals surface area (Å²) in [5, 5.41) is 10.1. The van der Waals surface area contributed by atoms with Crippen molar-refractivity contribution >= 4 is 30.7 Å². The van der Waals surface area contributed by atoms with Gasteiger partial charge >= 0.3 is 0 Å². The third-order valence-electron chi connectivity index (χ3n) is 3.24. The van der Waals surface area contributed by atoms with Crippen molar-refractivity contribution in [2.45, 2.75) is 12.6 Å². The highest BCUT2D eigenvalue weighted by atomic mass is 35.5. The highest BCUT2D eigenvalue weighted by Gasteiger charge is 2.21. The van der Waals surface area contributed by atoms with E-state index in [1.54, 1.807) is 17.1 Å². The molecule has 0 aromatic carbocycles.